The first-order valence-corrected chi connectivity index (χ1v) is 29.6. The highest BCUT2D eigenvalue weighted by atomic mass is 32.1. The van der Waals surface area contributed by atoms with Crippen molar-refractivity contribution in [1.82, 2.24) is 9.97 Å². The molecule has 0 amide bonds. The first-order valence-electron chi connectivity index (χ1n) is 26.3. The van der Waals surface area contributed by atoms with Crippen molar-refractivity contribution in [3.05, 3.63) is 144 Å². The molecule has 0 saturated heterocycles. The zero-order chi connectivity index (χ0) is 52.0. The second kappa shape index (κ2) is 17.4. The van der Waals surface area contributed by atoms with Crippen LogP contribution in [0.15, 0.2) is 122 Å². The van der Waals surface area contributed by atoms with Crippen molar-refractivity contribution in [3.8, 4) is 141 Å². The quantitative estimate of drug-likeness (QED) is 0.153. The summed E-state index contributed by atoms with van der Waals surface area (Å²) in [7, 11) is 0. The molecular weight excluding hydrogens is 1050 g/mol. The molecule has 0 unspecified atom stereocenters. The molecule has 2 aliphatic carbocycles. The summed E-state index contributed by atoms with van der Waals surface area (Å²) in [5.74, 6) is 5.90. The minimum absolute atomic E-state index is 0.138. The van der Waals surface area contributed by atoms with Gasteiger partial charge in [-0.3, -0.25) is 9.97 Å². The van der Waals surface area contributed by atoms with E-state index in [1.54, 1.807) is 45.3 Å². The van der Waals surface area contributed by atoms with Crippen LogP contribution in [0.4, 0.5) is 0 Å². The van der Waals surface area contributed by atoms with Crippen LogP contribution in [0, 0.1) is 0 Å². The smallest absolute Gasteiger partial charge is 0.181 e. The van der Waals surface area contributed by atoms with E-state index < -0.39 is 0 Å². The third-order valence-electron chi connectivity index (χ3n) is 16.0. The zero-order valence-corrected chi connectivity index (χ0v) is 46.3. The molecule has 10 aromatic rings. The van der Waals surface area contributed by atoms with Gasteiger partial charge in [-0.05, 0) is 103 Å². The predicted octanol–water partition coefficient (Wildman–Crippen LogP) is 16.1. The van der Waals surface area contributed by atoms with E-state index in [9.17, 15) is 0 Å². The van der Waals surface area contributed by atoms with Crippen LogP contribution in [0.1, 0.15) is 49.9 Å². The molecule has 10 nitrogen and oxygen atoms in total. The average Bonchev–Trinajstić information content (AvgIpc) is 4.53. The van der Waals surface area contributed by atoms with Gasteiger partial charge in [-0.15, -0.1) is 45.3 Å². The van der Waals surface area contributed by atoms with Gasteiger partial charge < -0.3 is 37.9 Å². The maximum Gasteiger partial charge on any atom is 0.181 e. The summed E-state index contributed by atoms with van der Waals surface area (Å²) in [5.41, 5.74) is 15.7. The maximum absolute atomic E-state index is 6.52. The van der Waals surface area contributed by atoms with Gasteiger partial charge in [0, 0.05) is 23.2 Å². The number of nitrogens with zero attached hydrogens (tertiary/aromatic N) is 2. The lowest BCUT2D eigenvalue weighted by Crippen LogP contribution is -2.16. The van der Waals surface area contributed by atoms with Crippen LogP contribution in [-0.4, -0.2) is 62.8 Å². The molecule has 6 aromatic heterocycles. The van der Waals surface area contributed by atoms with Gasteiger partial charge in [0.2, 0.25) is 0 Å². The highest BCUT2D eigenvalue weighted by Crippen LogP contribution is 2.64. The van der Waals surface area contributed by atoms with Gasteiger partial charge in [0.05, 0.1) is 50.4 Å². The normalized spacial score (nSPS) is 16.3. The van der Waals surface area contributed by atoms with E-state index in [-0.39, 0.29) is 10.8 Å². The van der Waals surface area contributed by atoms with Gasteiger partial charge in [-0.2, -0.15) is 0 Å². The fraction of sp³-hybridized carbons (Fsp3) is 0.219. The number of rotatable bonds is 7. The highest BCUT2D eigenvalue weighted by molar-refractivity contribution is 7.27. The summed E-state index contributed by atoms with van der Waals surface area (Å²) in [5, 5.41) is 0. The van der Waals surface area contributed by atoms with Gasteiger partial charge >= 0.3 is 0 Å². The van der Waals surface area contributed by atoms with Gasteiger partial charge in [0.1, 0.15) is 52.9 Å². The van der Waals surface area contributed by atoms with Crippen LogP contribution in [0.3, 0.4) is 0 Å². The summed E-state index contributed by atoms with van der Waals surface area (Å²) in [6.45, 7) is 12.9. The van der Waals surface area contributed by atoms with E-state index in [4.69, 9.17) is 47.9 Å². The minimum Gasteiger partial charge on any atom is -0.485 e. The Morgan fingerprint density at radius 2 is 0.590 bits per heavy atom. The molecule has 0 fully saturated rings. The monoisotopic (exact) mass is 1100 g/mol. The fourth-order valence-electron chi connectivity index (χ4n) is 12.3. The molecule has 386 valence electrons. The minimum atomic E-state index is -0.138. The summed E-state index contributed by atoms with van der Waals surface area (Å²) < 4.78 is 52.0. The number of fused-ring (bicyclic) bond motifs is 10. The largest absolute Gasteiger partial charge is 0.485 e. The van der Waals surface area contributed by atoms with Crippen LogP contribution >= 0.6 is 45.3 Å². The van der Waals surface area contributed by atoms with E-state index in [1.807, 2.05) is 24.5 Å². The second-order valence-corrected chi connectivity index (χ2v) is 25.3. The third-order valence-corrected chi connectivity index (χ3v) is 21.1. The Hall–Kier alpha value is -7.62. The molecule has 10 heterocycles. The molecular formula is C64H48N2O8S4. The molecule has 0 atom stereocenters. The Labute approximate surface area is 466 Å². The number of hydrogen-bond donors (Lipinski definition) is 0. The van der Waals surface area contributed by atoms with Gasteiger partial charge in [-0.1, -0.05) is 100 Å². The fourth-order valence-corrected chi connectivity index (χ4v) is 17.3. The zero-order valence-electron chi connectivity index (χ0n) is 43.0. The number of pyridine rings is 2. The van der Waals surface area contributed by atoms with Crippen molar-refractivity contribution < 1.29 is 37.9 Å². The van der Waals surface area contributed by atoms with Gasteiger partial charge in [-0.25, -0.2) is 0 Å². The van der Waals surface area contributed by atoms with Gasteiger partial charge in [0.25, 0.3) is 0 Å². The second-order valence-electron chi connectivity index (χ2n) is 21.2. The van der Waals surface area contributed by atoms with Crippen LogP contribution in [0.25, 0.3) is 94.9 Å². The Morgan fingerprint density at radius 3 is 0.923 bits per heavy atom. The van der Waals surface area contributed by atoms with Crippen molar-refractivity contribution in [2.75, 3.05) is 52.9 Å². The molecule has 0 spiro atoms. The molecule has 0 bridgehead atoms. The summed E-state index contributed by atoms with van der Waals surface area (Å²) >= 11 is 6.64. The molecule has 14 heteroatoms. The topological polar surface area (TPSA) is 99.6 Å². The molecule has 16 rings (SSSR count). The molecule has 4 aromatic carbocycles. The molecule has 6 aliphatic rings. The Morgan fingerprint density at radius 1 is 0.308 bits per heavy atom. The van der Waals surface area contributed by atoms with E-state index in [2.05, 4.69) is 125 Å². The van der Waals surface area contributed by atoms with Crippen molar-refractivity contribution in [2.45, 2.75) is 38.5 Å². The summed E-state index contributed by atoms with van der Waals surface area (Å²) in [6, 6.07) is 39.4. The molecule has 4 aliphatic heterocycles. The van der Waals surface area contributed by atoms with Crippen LogP contribution < -0.4 is 37.9 Å². The lowest BCUT2D eigenvalue weighted by atomic mass is 9.82. The van der Waals surface area contributed by atoms with E-state index >= 15 is 0 Å². The van der Waals surface area contributed by atoms with Crippen LogP contribution in [0.5, 0.6) is 46.0 Å². The summed E-state index contributed by atoms with van der Waals surface area (Å²) in [4.78, 5) is 17.6. The lowest BCUT2D eigenvalue weighted by Gasteiger charge is -2.22. The Balaban J connectivity index is 0.752. The van der Waals surface area contributed by atoms with Gasteiger partial charge in [0.15, 0.2) is 46.0 Å². The van der Waals surface area contributed by atoms with Crippen LogP contribution in [-0.2, 0) is 10.8 Å². The standard InChI is InChI=1S/C64H48N2O8S4/c1-63(2)41-11-7-5-9-37(41)39-15-13-33(29-43(39)63)55-47-51(71-25-21-67-47)59(75-55)61-53-49(69-23-27-73-53)57(77-61)35-17-19-65-45(31-35)46-32-36(18-20-66-46)58-50-54(74-28-24-70-50)62(78-58)60-52-48(68-22-26-72-52)56(76-60)34-14-16-40-38-10-6-8-12-42(38)64(3,4)44(40)30-34/h5-20,29-32H,21-28H2,1-4H3. The predicted molar refractivity (Wildman–Crippen MR) is 311 cm³/mol. The first-order chi connectivity index (χ1) is 38.2. The van der Waals surface area contributed by atoms with E-state index in [0.29, 0.717) is 75.9 Å². The summed E-state index contributed by atoms with van der Waals surface area (Å²) in [6.07, 6.45) is 3.68. The third kappa shape index (κ3) is 6.88. The van der Waals surface area contributed by atoms with E-state index in [1.165, 1.54) is 44.5 Å². The highest BCUT2D eigenvalue weighted by Gasteiger charge is 2.40. The lowest BCUT2D eigenvalue weighted by molar-refractivity contribution is 0.172. The number of ether oxygens (including phenoxy) is 8. The molecule has 0 N–H and O–H groups in total. The molecule has 78 heavy (non-hydrogen) atoms. The van der Waals surface area contributed by atoms with Crippen molar-refractivity contribution in [3.63, 3.8) is 0 Å². The molecule has 0 radical (unpaired) electrons. The number of thiophene rings is 4. The van der Waals surface area contributed by atoms with Crippen molar-refractivity contribution >= 4 is 45.3 Å². The first kappa shape index (κ1) is 46.5. The maximum atomic E-state index is 6.52. The number of aromatic nitrogens is 2. The van der Waals surface area contributed by atoms with E-state index in [0.717, 1.165) is 95.7 Å². The Kier molecular flexibility index (Phi) is 10.4. The Bertz CT molecular complexity index is 3900. The SMILES string of the molecule is CC1(C)c2ccccc2-c2ccc(-c3sc(-c4sc(-c5ccnc(-c6cc(-c7sc(-c8sc(-c9ccc%10c(c9)C(C)(C)c9ccccc9-%10)c9c8OCCO9)c8c7OCCO8)ccn6)c5)c5c4OCCO5)c4c3OCCO4)cc21. The van der Waals surface area contributed by atoms with Crippen LogP contribution in [0.2, 0.25) is 0 Å². The number of benzene rings is 4. The molecule has 0 saturated carbocycles. The van der Waals surface area contributed by atoms with Crippen molar-refractivity contribution in [2.24, 2.45) is 0 Å². The average molecular weight is 1100 g/mol. The van der Waals surface area contributed by atoms with Crippen molar-refractivity contribution in [1.29, 1.82) is 0 Å². The number of hydrogen-bond acceptors (Lipinski definition) is 14.